The van der Waals surface area contributed by atoms with Crippen molar-refractivity contribution in [3.63, 3.8) is 0 Å². The molecular weight excluding hydrogens is 154 g/mol. The maximum atomic E-state index is 11.0. The summed E-state index contributed by atoms with van der Waals surface area (Å²) in [6, 6.07) is 0. The Labute approximate surface area is 73.4 Å². The highest BCUT2D eigenvalue weighted by atomic mass is 16.3. The number of amides is 1. The van der Waals surface area contributed by atoms with E-state index in [1.165, 1.54) is 0 Å². The molecule has 1 amide bonds. The second-order valence-electron chi connectivity index (χ2n) is 3.67. The normalized spacial score (nSPS) is 25.9. The van der Waals surface area contributed by atoms with E-state index in [9.17, 15) is 4.79 Å². The third kappa shape index (κ3) is 1.97. The number of hydrogen-bond donors (Lipinski definition) is 1. The van der Waals surface area contributed by atoms with Crippen molar-refractivity contribution in [2.75, 3.05) is 19.7 Å². The lowest BCUT2D eigenvalue weighted by atomic mass is 9.94. The molecule has 2 atom stereocenters. The van der Waals surface area contributed by atoms with Gasteiger partial charge in [0.25, 0.3) is 0 Å². The molecule has 1 fully saturated rings. The Kier molecular flexibility index (Phi) is 3.09. The molecule has 2 unspecified atom stereocenters. The van der Waals surface area contributed by atoms with Crippen molar-refractivity contribution in [1.29, 1.82) is 0 Å². The van der Waals surface area contributed by atoms with Crippen LogP contribution in [0.2, 0.25) is 0 Å². The second kappa shape index (κ2) is 3.90. The molecular formula is C9H17NO2. The average Bonchev–Trinajstić information content (AvgIpc) is 2.51. The van der Waals surface area contributed by atoms with Gasteiger partial charge in [-0.3, -0.25) is 4.79 Å². The molecule has 12 heavy (non-hydrogen) atoms. The third-order valence-electron chi connectivity index (χ3n) is 2.76. The Morgan fingerprint density at radius 1 is 1.75 bits per heavy atom. The molecule has 1 aliphatic heterocycles. The van der Waals surface area contributed by atoms with Crippen LogP contribution in [-0.2, 0) is 4.79 Å². The maximum absolute atomic E-state index is 11.0. The van der Waals surface area contributed by atoms with Crippen LogP contribution >= 0.6 is 0 Å². The average molecular weight is 171 g/mol. The third-order valence-corrected chi connectivity index (χ3v) is 2.76. The van der Waals surface area contributed by atoms with Crippen LogP contribution in [0.15, 0.2) is 0 Å². The first-order valence-corrected chi connectivity index (χ1v) is 4.51. The molecule has 0 aromatic heterocycles. The topological polar surface area (TPSA) is 40.5 Å². The summed E-state index contributed by atoms with van der Waals surface area (Å²) in [6.45, 7) is 5.57. The molecule has 1 aliphatic rings. The number of rotatable bonds is 2. The fourth-order valence-electron chi connectivity index (χ4n) is 1.69. The highest BCUT2D eigenvalue weighted by molar-refractivity contribution is 5.73. The number of aliphatic hydroxyl groups is 1. The Bertz CT molecular complexity index is 170. The van der Waals surface area contributed by atoms with Gasteiger partial charge in [-0.1, -0.05) is 6.92 Å². The summed E-state index contributed by atoms with van der Waals surface area (Å²) in [6.07, 6.45) is 1.04. The highest BCUT2D eigenvalue weighted by Gasteiger charge is 2.27. The summed E-state index contributed by atoms with van der Waals surface area (Å²) in [4.78, 5) is 12.8. The van der Waals surface area contributed by atoms with E-state index < -0.39 is 0 Å². The second-order valence-corrected chi connectivity index (χ2v) is 3.67. The van der Waals surface area contributed by atoms with Crippen molar-refractivity contribution in [2.24, 2.45) is 11.8 Å². The van der Waals surface area contributed by atoms with Crippen LogP contribution in [0.25, 0.3) is 0 Å². The van der Waals surface area contributed by atoms with E-state index in [-0.39, 0.29) is 12.5 Å². The van der Waals surface area contributed by atoms with Gasteiger partial charge in [-0.2, -0.15) is 0 Å². The van der Waals surface area contributed by atoms with Crippen LogP contribution < -0.4 is 0 Å². The molecule has 1 N–H and O–H groups in total. The van der Waals surface area contributed by atoms with E-state index in [4.69, 9.17) is 5.11 Å². The Morgan fingerprint density at radius 3 is 2.83 bits per heavy atom. The minimum absolute atomic E-state index is 0.155. The van der Waals surface area contributed by atoms with Crippen molar-refractivity contribution in [2.45, 2.75) is 20.3 Å². The fourth-order valence-corrected chi connectivity index (χ4v) is 1.69. The van der Waals surface area contributed by atoms with E-state index in [0.717, 1.165) is 19.5 Å². The zero-order valence-corrected chi connectivity index (χ0v) is 7.79. The van der Waals surface area contributed by atoms with E-state index in [2.05, 4.69) is 0 Å². The molecule has 0 bridgehead atoms. The van der Waals surface area contributed by atoms with E-state index in [0.29, 0.717) is 11.8 Å². The summed E-state index contributed by atoms with van der Waals surface area (Å²) >= 11 is 0. The van der Waals surface area contributed by atoms with Gasteiger partial charge in [0.15, 0.2) is 0 Å². The van der Waals surface area contributed by atoms with Crippen molar-refractivity contribution in [3.05, 3.63) is 0 Å². The van der Waals surface area contributed by atoms with Gasteiger partial charge in [0.2, 0.25) is 5.91 Å². The first kappa shape index (κ1) is 9.52. The minimum atomic E-state index is 0.155. The molecule has 0 aliphatic carbocycles. The van der Waals surface area contributed by atoms with Crippen LogP contribution in [0.3, 0.4) is 0 Å². The fraction of sp³-hybridized carbons (Fsp3) is 0.889. The van der Waals surface area contributed by atoms with Gasteiger partial charge in [0.1, 0.15) is 0 Å². The molecule has 0 aromatic carbocycles. The van der Waals surface area contributed by atoms with E-state index in [1.807, 2.05) is 11.8 Å². The Hall–Kier alpha value is -0.570. The van der Waals surface area contributed by atoms with Gasteiger partial charge in [0, 0.05) is 26.6 Å². The molecule has 1 saturated heterocycles. The van der Waals surface area contributed by atoms with E-state index in [1.54, 1.807) is 6.92 Å². The molecule has 0 radical (unpaired) electrons. The lowest BCUT2D eigenvalue weighted by Gasteiger charge is -2.17. The van der Waals surface area contributed by atoms with Gasteiger partial charge in [0.05, 0.1) is 0 Å². The van der Waals surface area contributed by atoms with Crippen LogP contribution in [-0.4, -0.2) is 35.6 Å². The molecule has 3 heteroatoms. The van der Waals surface area contributed by atoms with Crippen LogP contribution in [0.1, 0.15) is 20.3 Å². The van der Waals surface area contributed by atoms with Gasteiger partial charge >= 0.3 is 0 Å². The van der Waals surface area contributed by atoms with Crippen LogP contribution in [0.4, 0.5) is 0 Å². The predicted octanol–water partition coefficient (Wildman–Crippen LogP) is 0.483. The molecule has 1 rings (SSSR count). The number of hydrogen-bond acceptors (Lipinski definition) is 2. The van der Waals surface area contributed by atoms with Gasteiger partial charge in [-0.15, -0.1) is 0 Å². The molecule has 0 aromatic rings. The van der Waals surface area contributed by atoms with Crippen LogP contribution in [0, 0.1) is 11.8 Å². The minimum Gasteiger partial charge on any atom is -0.396 e. The molecule has 0 saturated carbocycles. The number of likely N-dealkylation sites (tertiary alicyclic amines) is 1. The summed E-state index contributed by atoms with van der Waals surface area (Å²) in [7, 11) is 0. The molecule has 70 valence electrons. The first-order chi connectivity index (χ1) is 5.65. The summed E-state index contributed by atoms with van der Waals surface area (Å²) < 4.78 is 0. The number of carbonyl (C=O) groups excluding carboxylic acids is 1. The van der Waals surface area contributed by atoms with Gasteiger partial charge in [-0.05, 0) is 18.3 Å². The number of carbonyl (C=O) groups is 1. The lowest BCUT2D eigenvalue weighted by Crippen LogP contribution is -2.27. The SMILES string of the molecule is CC(=O)N1CCC(C(C)CO)C1. The zero-order valence-electron chi connectivity index (χ0n) is 7.79. The monoisotopic (exact) mass is 171 g/mol. The van der Waals surface area contributed by atoms with Crippen molar-refractivity contribution >= 4 is 5.91 Å². The predicted molar refractivity (Wildman–Crippen MR) is 46.6 cm³/mol. The molecule has 1 heterocycles. The van der Waals surface area contributed by atoms with E-state index >= 15 is 0 Å². The Balaban J connectivity index is 2.40. The molecule has 3 nitrogen and oxygen atoms in total. The highest BCUT2D eigenvalue weighted by Crippen LogP contribution is 2.23. The smallest absolute Gasteiger partial charge is 0.219 e. The first-order valence-electron chi connectivity index (χ1n) is 4.51. The summed E-state index contributed by atoms with van der Waals surface area (Å²) in [5.74, 6) is 0.982. The maximum Gasteiger partial charge on any atom is 0.219 e. The summed E-state index contributed by atoms with van der Waals surface area (Å²) in [5.41, 5.74) is 0. The van der Waals surface area contributed by atoms with Crippen LogP contribution in [0.5, 0.6) is 0 Å². The number of aliphatic hydroxyl groups excluding tert-OH is 1. The Morgan fingerprint density at radius 2 is 2.42 bits per heavy atom. The number of nitrogens with zero attached hydrogens (tertiary/aromatic N) is 1. The lowest BCUT2D eigenvalue weighted by molar-refractivity contribution is -0.128. The quantitative estimate of drug-likeness (QED) is 0.656. The van der Waals surface area contributed by atoms with Crippen molar-refractivity contribution < 1.29 is 9.90 Å². The summed E-state index contributed by atoms with van der Waals surface area (Å²) in [5, 5.41) is 8.92. The standard InChI is InChI=1S/C9H17NO2/c1-7(6-11)9-3-4-10(5-9)8(2)12/h7,9,11H,3-6H2,1-2H3. The van der Waals surface area contributed by atoms with Crippen molar-refractivity contribution in [3.8, 4) is 0 Å². The largest absolute Gasteiger partial charge is 0.396 e. The van der Waals surface area contributed by atoms with Gasteiger partial charge in [-0.25, -0.2) is 0 Å². The molecule has 0 spiro atoms. The zero-order chi connectivity index (χ0) is 9.14. The van der Waals surface area contributed by atoms with Crippen molar-refractivity contribution in [1.82, 2.24) is 4.90 Å². The van der Waals surface area contributed by atoms with Gasteiger partial charge < -0.3 is 10.0 Å².